The Morgan fingerprint density at radius 2 is 2.10 bits per heavy atom. The lowest BCUT2D eigenvalue weighted by atomic mass is 9.92. The number of hydrogen-bond acceptors (Lipinski definition) is 8. The predicted octanol–water partition coefficient (Wildman–Crippen LogP) is 1.60. The molecule has 1 saturated heterocycles. The molecule has 3 aliphatic rings. The van der Waals surface area contributed by atoms with Crippen molar-refractivity contribution in [3.63, 3.8) is 0 Å². The molecule has 0 radical (unpaired) electrons. The highest BCUT2D eigenvalue weighted by Crippen LogP contribution is 2.35. The summed E-state index contributed by atoms with van der Waals surface area (Å²) in [5.41, 5.74) is 8.17. The van der Waals surface area contributed by atoms with Gasteiger partial charge in [0, 0.05) is 61.3 Å². The number of primary amides is 1. The quantitative estimate of drug-likeness (QED) is 0.684. The highest BCUT2D eigenvalue weighted by Gasteiger charge is 2.34. The molecule has 1 saturated carbocycles. The van der Waals surface area contributed by atoms with Crippen LogP contribution < -0.4 is 21.3 Å². The Bertz CT molecular complexity index is 1020. The van der Waals surface area contributed by atoms with E-state index in [1.54, 1.807) is 0 Å². The first-order valence-electron chi connectivity index (χ1n) is 10.3. The predicted molar refractivity (Wildman–Crippen MR) is 114 cm³/mol. The number of benzene rings is 1. The van der Waals surface area contributed by atoms with E-state index in [0.717, 1.165) is 49.4 Å². The first kappa shape index (κ1) is 18.8. The van der Waals surface area contributed by atoms with Gasteiger partial charge in [0.2, 0.25) is 5.95 Å². The second-order valence-corrected chi connectivity index (χ2v) is 8.33. The van der Waals surface area contributed by atoms with Crippen LogP contribution in [0.15, 0.2) is 24.4 Å². The Labute approximate surface area is 174 Å². The van der Waals surface area contributed by atoms with Gasteiger partial charge in [0.25, 0.3) is 5.91 Å². The second-order valence-electron chi connectivity index (χ2n) is 8.33. The maximum Gasteiger partial charge on any atom is 0.254 e. The van der Waals surface area contributed by atoms with Crippen molar-refractivity contribution in [1.29, 1.82) is 0 Å². The van der Waals surface area contributed by atoms with Crippen molar-refractivity contribution in [2.75, 3.05) is 42.2 Å². The summed E-state index contributed by atoms with van der Waals surface area (Å²) in [4.78, 5) is 37.7. The molecule has 5 rings (SSSR count). The van der Waals surface area contributed by atoms with Gasteiger partial charge in [-0.3, -0.25) is 9.59 Å². The SMILES string of the molecule is CN1CCN2c3ccc(Nc4ncc(C(N)=O)c(NC5CC5)n4)cc3C(=O)CC2C1. The van der Waals surface area contributed by atoms with Crippen molar-refractivity contribution < 1.29 is 9.59 Å². The Hall–Kier alpha value is -3.20. The van der Waals surface area contributed by atoms with E-state index in [-0.39, 0.29) is 17.4 Å². The molecule has 2 fully saturated rings. The molecule has 1 atom stereocenters. The number of ketones is 1. The van der Waals surface area contributed by atoms with Crippen molar-refractivity contribution in [3.05, 3.63) is 35.5 Å². The fraction of sp³-hybridized carbons (Fsp3) is 0.429. The average Bonchev–Trinajstić information content (AvgIpc) is 3.52. The zero-order chi connectivity index (χ0) is 20.8. The molecule has 156 valence electrons. The van der Waals surface area contributed by atoms with Gasteiger partial charge in [0.15, 0.2) is 5.78 Å². The monoisotopic (exact) mass is 407 g/mol. The number of carbonyl (C=O) groups is 2. The Kier molecular flexibility index (Phi) is 4.54. The van der Waals surface area contributed by atoms with Gasteiger partial charge >= 0.3 is 0 Å². The van der Waals surface area contributed by atoms with E-state index in [4.69, 9.17) is 5.73 Å². The summed E-state index contributed by atoms with van der Waals surface area (Å²) in [5.74, 6) is 0.387. The van der Waals surface area contributed by atoms with E-state index in [2.05, 4.69) is 37.4 Å². The van der Waals surface area contributed by atoms with Gasteiger partial charge in [-0.05, 0) is 38.1 Å². The Morgan fingerprint density at radius 3 is 2.87 bits per heavy atom. The summed E-state index contributed by atoms with van der Waals surface area (Å²) >= 11 is 0. The minimum Gasteiger partial charge on any atom is -0.367 e. The van der Waals surface area contributed by atoms with Gasteiger partial charge in [-0.25, -0.2) is 4.98 Å². The molecule has 1 unspecified atom stereocenters. The number of rotatable bonds is 5. The van der Waals surface area contributed by atoms with E-state index in [1.807, 2.05) is 18.2 Å². The van der Waals surface area contributed by atoms with Crippen molar-refractivity contribution in [3.8, 4) is 0 Å². The fourth-order valence-electron chi connectivity index (χ4n) is 4.20. The number of piperazine rings is 1. The van der Waals surface area contributed by atoms with Crippen LogP contribution in [0.1, 0.15) is 40.0 Å². The number of likely N-dealkylation sites (N-methyl/N-ethyl adjacent to an activating group) is 1. The number of hydrogen-bond donors (Lipinski definition) is 3. The van der Waals surface area contributed by atoms with Crippen LogP contribution >= 0.6 is 0 Å². The zero-order valence-electron chi connectivity index (χ0n) is 16.9. The minimum absolute atomic E-state index is 0.159. The third kappa shape index (κ3) is 3.56. The van der Waals surface area contributed by atoms with E-state index in [0.29, 0.717) is 24.2 Å². The number of Topliss-reactive ketones (excluding diaryl/α,β-unsaturated/α-hetero) is 1. The third-order valence-electron chi connectivity index (χ3n) is 5.94. The number of aromatic nitrogens is 2. The molecule has 1 amide bonds. The maximum atomic E-state index is 12.8. The molecular weight excluding hydrogens is 382 g/mol. The van der Waals surface area contributed by atoms with Crippen LogP contribution in [-0.4, -0.2) is 65.3 Å². The van der Waals surface area contributed by atoms with Gasteiger partial charge in [0.1, 0.15) is 5.82 Å². The van der Waals surface area contributed by atoms with Crippen LogP contribution in [0.5, 0.6) is 0 Å². The van der Waals surface area contributed by atoms with Gasteiger partial charge in [-0.15, -0.1) is 0 Å². The van der Waals surface area contributed by atoms with Crippen LogP contribution in [0.25, 0.3) is 0 Å². The highest BCUT2D eigenvalue weighted by atomic mass is 16.1. The first-order chi connectivity index (χ1) is 14.5. The number of nitrogens with two attached hydrogens (primary N) is 1. The molecule has 2 aromatic rings. The third-order valence-corrected chi connectivity index (χ3v) is 5.94. The Balaban J connectivity index is 1.40. The van der Waals surface area contributed by atoms with Gasteiger partial charge < -0.3 is 26.2 Å². The molecule has 1 aromatic carbocycles. The highest BCUT2D eigenvalue weighted by molar-refractivity contribution is 6.05. The van der Waals surface area contributed by atoms with Crippen LogP contribution in [-0.2, 0) is 0 Å². The van der Waals surface area contributed by atoms with Gasteiger partial charge in [-0.2, -0.15) is 4.98 Å². The lowest BCUT2D eigenvalue weighted by Gasteiger charge is -2.44. The molecule has 0 bridgehead atoms. The summed E-state index contributed by atoms with van der Waals surface area (Å²) in [6.45, 7) is 2.81. The molecule has 30 heavy (non-hydrogen) atoms. The molecule has 9 heteroatoms. The van der Waals surface area contributed by atoms with E-state index in [9.17, 15) is 9.59 Å². The van der Waals surface area contributed by atoms with E-state index in [1.165, 1.54) is 6.20 Å². The second kappa shape index (κ2) is 7.24. The summed E-state index contributed by atoms with van der Waals surface area (Å²) in [5, 5.41) is 6.39. The lowest BCUT2D eigenvalue weighted by Crippen LogP contribution is -2.54. The largest absolute Gasteiger partial charge is 0.367 e. The number of fused-ring (bicyclic) bond motifs is 3. The van der Waals surface area contributed by atoms with Crippen LogP contribution in [0.3, 0.4) is 0 Å². The Morgan fingerprint density at radius 1 is 1.27 bits per heavy atom. The molecule has 4 N–H and O–H groups in total. The maximum absolute atomic E-state index is 12.8. The van der Waals surface area contributed by atoms with E-state index < -0.39 is 5.91 Å². The molecule has 0 spiro atoms. The summed E-state index contributed by atoms with van der Waals surface area (Å²) in [6, 6.07) is 6.36. The van der Waals surface area contributed by atoms with Gasteiger partial charge in [-0.1, -0.05) is 0 Å². The molecule has 3 heterocycles. The topological polar surface area (TPSA) is 116 Å². The van der Waals surface area contributed by atoms with Crippen molar-refractivity contribution >= 4 is 34.8 Å². The van der Waals surface area contributed by atoms with Crippen molar-refractivity contribution in [2.45, 2.75) is 31.3 Å². The van der Waals surface area contributed by atoms with Crippen LogP contribution in [0, 0.1) is 0 Å². The first-order valence-corrected chi connectivity index (χ1v) is 10.3. The molecular formula is C21H25N7O2. The summed E-state index contributed by atoms with van der Waals surface area (Å²) in [6.07, 6.45) is 4.05. The normalized spacial score (nSPS) is 21.0. The average molecular weight is 407 g/mol. The van der Waals surface area contributed by atoms with Gasteiger partial charge in [0.05, 0.1) is 5.56 Å². The van der Waals surface area contributed by atoms with Crippen LogP contribution in [0.4, 0.5) is 23.1 Å². The molecule has 2 aliphatic heterocycles. The standard InChI is InChI=1S/C21H25N7O2/c1-27-6-7-28-14(11-27)9-18(29)15-8-13(4-5-17(15)28)25-21-23-10-16(19(22)30)20(26-21)24-12-2-3-12/h4-5,8,10,12,14H,2-3,6-7,9,11H2,1H3,(H2,22,30)(H2,23,24,25,26). The molecule has 1 aromatic heterocycles. The number of amides is 1. The molecule has 9 nitrogen and oxygen atoms in total. The van der Waals surface area contributed by atoms with E-state index >= 15 is 0 Å². The van der Waals surface area contributed by atoms with Crippen molar-refractivity contribution in [2.24, 2.45) is 5.73 Å². The number of nitrogens with zero attached hydrogens (tertiary/aromatic N) is 4. The smallest absolute Gasteiger partial charge is 0.254 e. The lowest BCUT2D eigenvalue weighted by molar-refractivity contribution is 0.0949. The molecule has 1 aliphatic carbocycles. The number of carbonyl (C=O) groups excluding carboxylic acids is 2. The number of anilines is 4. The van der Waals surface area contributed by atoms with Crippen LogP contribution in [0.2, 0.25) is 0 Å². The number of nitrogens with one attached hydrogen (secondary N) is 2. The fourth-order valence-corrected chi connectivity index (χ4v) is 4.20. The zero-order valence-corrected chi connectivity index (χ0v) is 16.9. The minimum atomic E-state index is -0.564. The summed E-state index contributed by atoms with van der Waals surface area (Å²) in [7, 11) is 2.10. The van der Waals surface area contributed by atoms with Crippen molar-refractivity contribution in [1.82, 2.24) is 14.9 Å². The summed E-state index contributed by atoms with van der Waals surface area (Å²) < 4.78 is 0.